The van der Waals surface area contributed by atoms with E-state index in [1.165, 1.54) is 6.92 Å². The Bertz CT molecular complexity index is 566. The smallest absolute Gasteiger partial charge is 0.216 e. The SMILES string of the molecule is COCc1cc(NCCNC(C)=O)n2nccc2n1. The van der Waals surface area contributed by atoms with E-state index in [1.54, 1.807) is 17.8 Å². The summed E-state index contributed by atoms with van der Waals surface area (Å²) in [4.78, 5) is 15.2. The Morgan fingerprint density at radius 3 is 3.05 bits per heavy atom. The van der Waals surface area contributed by atoms with Crippen LogP contribution in [-0.4, -0.2) is 40.7 Å². The number of hydrogen-bond acceptors (Lipinski definition) is 5. The molecule has 2 aromatic heterocycles. The molecule has 2 N–H and O–H groups in total. The molecule has 7 nitrogen and oxygen atoms in total. The third-order valence-corrected chi connectivity index (χ3v) is 2.51. The largest absolute Gasteiger partial charge is 0.378 e. The number of fused-ring (bicyclic) bond motifs is 1. The summed E-state index contributed by atoms with van der Waals surface area (Å²) in [7, 11) is 1.63. The molecule has 0 saturated carbocycles. The minimum Gasteiger partial charge on any atom is -0.378 e. The summed E-state index contributed by atoms with van der Waals surface area (Å²) < 4.78 is 6.80. The predicted octanol–water partition coefficient (Wildman–Crippen LogP) is 0.424. The molecule has 0 radical (unpaired) electrons. The van der Waals surface area contributed by atoms with E-state index in [-0.39, 0.29) is 5.91 Å². The van der Waals surface area contributed by atoms with Gasteiger partial charge in [0.2, 0.25) is 5.91 Å². The van der Waals surface area contributed by atoms with Crippen LogP contribution in [0.5, 0.6) is 0 Å². The van der Waals surface area contributed by atoms with Gasteiger partial charge >= 0.3 is 0 Å². The molecule has 0 aromatic carbocycles. The van der Waals surface area contributed by atoms with Crippen LogP contribution < -0.4 is 10.6 Å². The molecular formula is C12H17N5O2. The molecule has 2 aromatic rings. The molecule has 0 saturated heterocycles. The average molecular weight is 263 g/mol. The number of ether oxygens (including phenoxy) is 1. The molecule has 19 heavy (non-hydrogen) atoms. The van der Waals surface area contributed by atoms with Crippen LogP contribution in [0.4, 0.5) is 5.82 Å². The van der Waals surface area contributed by atoms with E-state index < -0.39 is 0 Å². The number of nitrogens with zero attached hydrogens (tertiary/aromatic N) is 3. The Hall–Kier alpha value is -2.15. The number of rotatable bonds is 6. The zero-order chi connectivity index (χ0) is 13.7. The summed E-state index contributed by atoms with van der Waals surface area (Å²) in [5, 5.41) is 10.1. The third-order valence-electron chi connectivity index (χ3n) is 2.51. The van der Waals surface area contributed by atoms with Crippen LogP contribution in [0.2, 0.25) is 0 Å². The zero-order valence-electron chi connectivity index (χ0n) is 11.0. The van der Waals surface area contributed by atoms with Crippen LogP contribution in [0.15, 0.2) is 18.3 Å². The fraction of sp³-hybridized carbons (Fsp3) is 0.417. The topological polar surface area (TPSA) is 80.5 Å². The number of aromatic nitrogens is 3. The van der Waals surface area contributed by atoms with E-state index in [0.717, 1.165) is 17.2 Å². The second-order valence-corrected chi connectivity index (χ2v) is 4.08. The van der Waals surface area contributed by atoms with Crippen molar-refractivity contribution < 1.29 is 9.53 Å². The van der Waals surface area contributed by atoms with Gasteiger partial charge in [-0.2, -0.15) is 9.61 Å². The molecule has 1 amide bonds. The quantitative estimate of drug-likeness (QED) is 0.738. The normalized spacial score (nSPS) is 10.6. The number of hydrogen-bond donors (Lipinski definition) is 2. The summed E-state index contributed by atoms with van der Waals surface area (Å²) >= 11 is 0. The van der Waals surface area contributed by atoms with Crippen molar-refractivity contribution in [1.29, 1.82) is 0 Å². The second kappa shape index (κ2) is 6.14. The van der Waals surface area contributed by atoms with Crippen molar-refractivity contribution in [3.05, 3.63) is 24.0 Å². The second-order valence-electron chi connectivity index (χ2n) is 4.08. The molecule has 0 aliphatic heterocycles. The van der Waals surface area contributed by atoms with E-state index in [9.17, 15) is 4.79 Å². The fourth-order valence-corrected chi connectivity index (χ4v) is 1.74. The molecular weight excluding hydrogens is 246 g/mol. The standard InChI is InChI=1S/C12H17N5O2/c1-9(18)13-5-6-14-12-7-10(8-19-2)16-11-3-4-15-17(11)12/h3-4,7,14H,5-6,8H2,1-2H3,(H,13,18). The van der Waals surface area contributed by atoms with Crippen molar-refractivity contribution in [2.24, 2.45) is 0 Å². The highest BCUT2D eigenvalue weighted by atomic mass is 16.5. The Kier molecular flexibility index (Phi) is 4.30. The Morgan fingerprint density at radius 2 is 2.32 bits per heavy atom. The Morgan fingerprint density at radius 1 is 1.47 bits per heavy atom. The van der Waals surface area contributed by atoms with Crippen molar-refractivity contribution in [3.8, 4) is 0 Å². The minimum absolute atomic E-state index is 0.0409. The van der Waals surface area contributed by atoms with Crippen molar-refractivity contribution >= 4 is 17.4 Å². The van der Waals surface area contributed by atoms with Crippen LogP contribution in [0.25, 0.3) is 5.65 Å². The van der Waals surface area contributed by atoms with Crippen molar-refractivity contribution in [2.45, 2.75) is 13.5 Å². The van der Waals surface area contributed by atoms with Crippen LogP contribution in [0, 0.1) is 0 Å². The first kappa shape index (κ1) is 13.3. The van der Waals surface area contributed by atoms with Gasteiger partial charge in [0.15, 0.2) is 5.65 Å². The van der Waals surface area contributed by atoms with E-state index in [1.807, 2.05) is 12.1 Å². The average Bonchev–Trinajstić information content (AvgIpc) is 2.83. The first-order valence-corrected chi connectivity index (χ1v) is 6.01. The van der Waals surface area contributed by atoms with Gasteiger partial charge in [-0.3, -0.25) is 4.79 Å². The van der Waals surface area contributed by atoms with Crippen molar-refractivity contribution in [2.75, 3.05) is 25.5 Å². The van der Waals surface area contributed by atoms with Gasteiger partial charge in [0.25, 0.3) is 0 Å². The fourth-order valence-electron chi connectivity index (χ4n) is 1.74. The highest BCUT2D eigenvalue weighted by Crippen LogP contribution is 2.12. The molecule has 0 bridgehead atoms. The zero-order valence-corrected chi connectivity index (χ0v) is 11.0. The first-order chi connectivity index (χ1) is 9.20. The minimum atomic E-state index is -0.0409. The van der Waals surface area contributed by atoms with E-state index >= 15 is 0 Å². The number of carbonyl (C=O) groups excluding carboxylic acids is 1. The molecule has 7 heteroatoms. The molecule has 102 valence electrons. The van der Waals surface area contributed by atoms with Crippen LogP contribution in [0.3, 0.4) is 0 Å². The number of carbonyl (C=O) groups is 1. The maximum Gasteiger partial charge on any atom is 0.216 e. The monoisotopic (exact) mass is 263 g/mol. The maximum atomic E-state index is 10.8. The molecule has 0 spiro atoms. The van der Waals surface area contributed by atoms with Gasteiger partial charge in [0, 0.05) is 39.3 Å². The number of amides is 1. The van der Waals surface area contributed by atoms with Gasteiger partial charge in [-0.25, -0.2) is 4.98 Å². The van der Waals surface area contributed by atoms with Crippen LogP contribution in [0.1, 0.15) is 12.6 Å². The molecule has 0 atom stereocenters. The lowest BCUT2D eigenvalue weighted by molar-refractivity contribution is -0.118. The Labute approximate surface area is 111 Å². The number of anilines is 1. The van der Waals surface area contributed by atoms with Gasteiger partial charge < -0.3 is 15.4 Å². The lowest BCUT2D eigenvalue weighted by atomic mass is 10.4. The number of nitrogens with one attached hydrogen (secondary N) is 2. The van der Waals surface area contributed by atoms with E-state index in [0.29, 0.717) is 19.7 Å². The van der Waals surface area contributed by atoms with E-state index in [4.69, 9.17) is 4.74 Å². The molecule has 2 rings (SSSR count). The van der Waals surface area contributed by atoms with Gasteiger partial charge in [-0.1, -0.05) is 0 Å². The van der Waals surface area contributed by atoms with Gasteiger partial charge in [0.05, 0.1) is 18.5 Å². The third kappa shape index (κ3) is 3.41. The first-order valence-electron chi connectivity index (χ1n) is 6.01. The van der Waals surface area contributed by atoms with Crippen LogP contribution >= 0.6 is 0 Å². The van der Waals surface area contributed by atoms with Crippen molar-refractivity contribution in [1.82, 2.24) is 19.9 Å². The van der Waals surface area contributed by atoms with Crippen LogP contribution in [-0.2, 0) is 16.1 Å². The number of methoxy groups -OCH3 is 1. The molecule has 0 fully saturated rings. The summed E-state index contributed by atoms with van der Waals surface area (Å²) in [5.41, 5.74) is 1.59. The summed E-state index contributed by atoms with van der Waals surface area (Å²) in [6.45, 7) is 3.11. The van der Waals surface area contributed by atoms with Gasteiger partial charge in [-0.05, 0) is 0 Å². The molecule has 2 heterocycles. The molecule has 0 aliphatic rings. The molecule has 0 aliphatic carbocycles. The van der Waals surface area contributed by atoms with Gasteiger partial charge in [0.1, 0.15) is 5.82 Å². The lowest BCUT2D eigenvalue weighted by Crippen LogP contribution is -2.26. The predicted molar refractivity (Wildman–Crippen MR) is 70.9 cm³/mol. The van der Waals surface area contributed by atoms with Crippen molar-refractivity contribution in [3.63, 3.8) is 0 Å². The maximum absolute atomic E-state index is 10.8. The summed E-state index contributed by atoms with van der Waals surface area (Å²) in [6, 6.07) is 3.72. The Balaban J connectivity index is 2.11. The summed E-state index contributed by atoms with van der Waals surface area (Å²) in [6.07, 6.45) is 1.69. The lowest BCUT2D eigenvalue weighted by Gasteiger charge is -2.10. The van der Waals surface area contributed by atoms with E-state index in [2.05, 4.69) is 20.7 Å². The summed E-state index contributed by atoms with van der Waals surface area (Å²) in [5.74, 6) is 0.785. The highest BCUT2D eigenvalue weighted by molar-refractivity contribution is 5.72. The molecule has 0 unspecified atom stereocenters. The highest BCUT2D eigenvalue weighted by Gasteiger charge is 2.05. The van der Waals surface area contributed by atoms with Gasteiger partial charge in [-0.15, -0.1) is 0 Å².